The number of amides is 2. The summed E-state index contributed by atoms with van der Waals surface area (Å²) in [5.41, 5.74) is 2.39. The molecule has 0 bridgehead atoms. The molecule has 3 N–H and O–H groups in total. The Morgan fingerprint density at radius 3 is 2.78 bits per heavy atom. The van der Waals surface area contributed by atoms with Crippen molar-refractivity contribution in [2.24, 2.45) is 0 Å². The molecule has 1 aromatic heterocycles. The van der Waals surface area contributed by atoms with Crippen LogP contribution in [0.1, 0.15) is 11.1 Å². The summed E-state index contributed by atoms with van der Waals surface area (Å²) in [4.78, 5) is 16.4. The number of nitrogens with zero attached hydrogens (tertiary/aromatic N) is 2. The molecule has 27 heavy (non-hydrogen) atoms. The van der Waals surface area contributed by atoms with E-state index in [1.807, 2.05) is 25.1 Å². The van der Waals surface area contributed by atoms with E-state index in [1.54, 1.807) is 18.2 Å². The van der Waals surface area contributed by atoms with E-state index in [-0.39, 0.29) is 12.2 Å². The number of anilines is 2. The van der Waals surface area contributed by atoms with Gasteiger partial charge in [0.25, 0.3) is 0 Å². The second kappa shape index (κ2) is 8.15. The van der Waals surface area contributed by atoms with Gasteiger partial charge in [-0.1, -0.05) is 30.3 Å². The molecular weight excluding hydrogens is 345 g/mol. The van der Waals surface area contributed by atoms with Crippen LogP contribution < -0.4 is 16.0 Å². The minimum atomic E-state index is -0.510. The number of urea groups is 1. The van der Waals surface area contributed by atoms with Crippen LogP contribution in [0.3, 0.4) is 0 Å². The molecule has 0 aliphatic carbocycles. The van der Waals surface area contributed by atoms with Crippen molar-refractivity contribution in [2.45, 2.75) is 6.92 Å². The molecule has 0 spiro atoms. The lowest BCUT2D eigenvalue weighted by Gasteiger charge is -2.11. The summed E-state index contributed by atoms with van der Waals surface area (Å²) in [6.07, 6.45) is 0. The van der Waals surface area contributed by atoms with E-state index in [2.05, 4.69) is 27.0 Å². The van der Waals surface area contributed by atoms with Gasteiger partial charge >= 0.3 is 6.03 Å². The highest BCUT2D eigenvalue weighted by Crippen LogP contribution is 2.22. The number of nitrogens with one attached hydrogen (secondary N) is 3. The van der Waals surface area contributed by atoms with Crippen LogP contribution in [0.2, 0.25) is 0 Å². The van der Waals surface area contributed by atoms with E-state index in [9.17, 15) is 14.4 Å². The second-order valence-corrected chi connectivity index (χ2v) is 5.93. The Labute approximate surface area is 156 Å². The van der Waals surface area contributed by atoms with Crippen LogP contribution in [0.25, 0.3) is 10.9 Å². The highest BCUT2D eigenvalue weighted by atomic mass is 19.1. The summed E-state index contributed by atoms with van der Waals surface area (Å²) < 4.78 is 13.5. The monoisotopic (exact) mass is 363 g/mol. The minimum Gasteiger partial charge on any atom is -0.367 e. The van der Waals surface area contributed by atoms with Gasteiger partial charge in [-0.25, -0.2) is 14.2 Å². The summed E-state index contributed by atoms with van der Waals surface area (Å²) in [7, 11) is 0. The molecule has 0 saturated heterocycles. The Morgan fingerprint density at radius 2 is 2.00 bits per heavy atom. The van der Waals surface area contributed by atoms with E-state index >= 15 is 0 Å². The van der Waals surface area contributed by atoms with E-state index in [4.69, 9.17) is 0 Å². The van der Waals surface area contributed by atoms with Crippen molar-refractivity contribution in [2.75, 3.05) is 23.7 Å². The van der Waals surface area contributed by atoms with Gasteiger partial charge in [0, 0.05) is 18.5 Å². The van der Waals surface area contributed by atoms with Crippen molar-refractivity contribution >= 4 is 28.4 Å². The van der Waals surface area contributed by atoms with Gasteiger partial charge in [-0.3, -0.25) is 0 Å². The van der Waals surface area contributed by atoms with Crippen molar-refractivity contribution < 1.29 is 9.18 Å². The zero-order valence-corrected chi connectivity index (χ0v) is 14.7. The Morgan fingerprint density at radius 1 is 1.19 bits per heavy atom. The summed E-state index contributed by atoms with van der Waals surface area (Å²) in [6.45, 7) is 2.60. The first kappa shape index (κ1) is 18.1. The van der Waals surface area contributed by atoms with E-state index < -0.39 is 11.8 Å². The number of carbonyl (C=O) groups excluding carboxylic acids is 1. The van der Waals surface area contributed by atoms with Crippen LogP contribution in [-0.4, -0.2) is 24.1 Å². The molecule has 6 nitrogen and oxygen atoms in total. The smallest absolute Gasteiger partial charge is 0.319 e. The number of nitriles is 1. The maximum atomic E-state index is 13.5. The van der Waals surface area contributed by atoms with Crippen LogP contribution in [0, 0.1) is 24.1 Å². The number of aromatic nitrogens is 1. The molecule has 7 heteroatoms. The Bertz CT molecular complexity index is 1030. The van der Waals surface area contributed by atoms with Crippen LogP contribution in [-0.2, 0) is 0 Å². The van der Waals surface area contributed by atoms with Crippen LogP contribution in [0.15, 0.2) is 48.5 Å². The fourth-order valence-corrected chi connectivity index (χ4v) is 2.65. The number of pyridine rings is 1. The Kier molecular flexibility index (Phi) is 5.47. The molecule has 136 valence electrons. The fourth-order valence-electron chi connectivity index (χ4n) is 2.65. The van der Waals surface area contributed by atoms with Gasteiger partial charge in [-0.2, -0.15) is 5.26 Å². The number of hydrogen-bond acceptors (Lipinski definition) is 4. The third kappa shape index (κ3) is 4.30. The summed E-state index contributed by atoms with van der Waals surface area (Å²) in [5, 5.41) is 18.4. The molecule has 0 unspecified atom stereocenters. The van der Waals surface area contributed by atoms with E-state index in [0.29, 0.717) is 17.9 Å². The lowest BCUT2D eigenvalue weighted by atomic mass is 10.1. The Balaban J connectivity index is 1.59. The van der Waals surface area contributed by atoms with E-state index in [1.165, 1.54) is 12.1 Å². The molecule has 0 fully saturated rings. The average molecular weight is 363 g/mol. The summed E-state index contributed by atoms with van der Waals surface area (Å²) >= 11 is 0. The second-order valence-electron chi connectivity index (χ2n) is 5.93. The number of para-hydroxylation sites is 2. The molecule has 0 aliphatic heterocycles. The lowest BCUT2D eigenvalue weighted by molar-refractivity contribution is 0.252. The third-order valence-corrected chi connectivity index (χ3v) is 3.99. The van der Waals surface area contributed by atoms with Gasteiger partial charge in [0.1, 0.15) is 17.7 Å². The summed E-state index contributed by atoms with van der Waals surface area (Å²) in [6, 6.07) is 15.1. The van der Waals surface area contributed by atoms with Crippen molar-refractivity contribution in [1.29, 1.82) is 5.26 Å². The van der Waals surface area contributed by atoms with Gasteiger partial charge in [0.2, 0.25) is 0 Å². The standard InChI is InChI=1S/C20H18FN5O/c1-13-5-4-6-14-11-15(12-22)19(26-18(13)14)23-9-10-24-20(27)25-17-8-3-2-7-16(17)21/h2-8,11H,9-10H2,1H3,(H,23,26)(H2,24,25,27). The van der Waals surface area contributed by atoms with Gasteiger partial charge in [0.15, 0.2) is 0 Å². The highest BCUT2D eigenvalue weighted by Gasteiger charge is 2.09. The molecule has 2 amide bonds. The first-order valence-corrected chi connectivity index (χ1v) is 8.42. The molecule has 0 atom stereocenters. The molecule has 2 aromatic carbocycles. The largest absolute Gasteiger partial charge is 0.367 e. The normalized spacial score (nSPS) is 10.3. The lowest BCUT2D eigenvalue weighted by Crippen LogP contribution is -2.33. The quantitative estimate of drug-likeness (QED) is 0.602. The van der Waals surface area contributed by atoms with Crippen LogP contribution in [0.4, 0.5) is 20.7 Å². The summed E-state index contributed by atoms with van der Waals surface area (Å²) in [5.74, 6) is -0.0317. The zero-order chi connectivity index (χ0) is 19.2. The zero-order valence-electron chi connectivity index (χ0n) is 14.7. The van der Waals surface area contributed by atoms with Crippen molar-refractivity contribution in [3.8, 4) is 6.07 Å². The van der Waals surface area contributed by atoms with Gasteiger partial charge in [-0.15, -0.1) is 0 Å². The molecule has 3 rings (SSSR count). The number of carbonyl (C=O) groups is 1. The molecular formula is C20H18FN5O. The van der Waals surface area contributed by atoms with Crippen LogP contribution in [0.5, 0.6) is 0 Å². The van der Waals surface area contributed by atoms with Crippen LogP contribution >= 0.6 is 0 Å². The predicted octanol–water partition coefficient (Wildman–Crippen LogP) is 3.79. The highest BCUT2D eigenvalue weighted by molar-refractivity contribution is 5.89. The molecule has 0 aliphatic rings. The molecule has 0 saturated carbocycles. The van der Waals surface area contributed by atoms with Crippen molar-refractivity contribution in [3.05, 3.63) is 65.5 Å². The van der Waals surface area contributed by atoms with E-state index in [0.717, 1.165) is 16.5 Å². The van der Waals surface area contributed by atoms with Gasteiger partial charge in [0.05, 0.1) is 16.8 Å². The minimum absolute atomic E-state index is 0.112. The maximum absolute atomic E-state index is 13.5. The first-order valence-electron chi connectivity index (χ1n) is 8.42. The van der Waals surface area contributed by atoms with Crippen molar-refractivity contribution in [1.82, 2.24) is 10.3 Å². The average Bonchev–Trinajstić information content (AvgIpc) is 2.67. The van der Waals surface area contributed by atoms with Gasteiger partial charge < -0.3 is 16.0 Å². The number of benzene rings is 2. The molecule has 3 aromatic rings. The molecule has 1 heterocycles. The van der Waals surface area contributed by atoms with Crippen molar-refractivity contribution in [3.63, 3.8) is 0 Å². The molecule has 0 radical (unpaired) electrons. The first-order chi connectivity index (χ1) is 13.1. The number of rotatable bonds is 5. The maximum Gasteiger partial charge on any atom is 0.319 e. The fraction of sp³-hybridized carbons (Fsp3) is 0.150. The third-order valence-electron chi connectivity index (χ3n) is 3.99. The Hall–Kier alpha value is -3.66. The topological polar surface area (TPSA) is 89.8 Å². The number of halogens is 1. The van der Waals surface area contributed by atoms with Gasteiger partial charge in [-0.05, 0) is 30.7 Å². The number of fused-ring (bicyclic) bond motifs is 1. The SMILES string of the molecule is Cc1cccc2cc(C#N)c(NCCNC(=O)Nc3ccccc3F)nc12. The predicted molar refractivity (Wildman–Crippen MR) is 103 cm³/mol. The number of hydrogen-bond donors (Lipinski definition) is 3. The number of aryl methyl sites for hydroxylation is 1.